The van der Waals surface area contributed by atoms with Crippen molar-refractivity contribution in [1.82, 2.24) is 0 Å². The third-order valence-electron chi connectivity index (χ3n) is 4.53. The number of rotatable bonds is 8. The number of piperazine rings is 1. The Balaban J connectivity index is 1.58. The van der Waals surface area contributed by atoms with E-state index in [9.17, 15) is 5.11 Å². The number of hydrogen-bond donors (Lipinski definition) is 3. The van der Waals surface area contributed by atoms with Crippen LogP contribution in [-0.4, -0.2) is 70.8 Å². The molecule has 0 bridgehead atoms. The largest absolute Gasteiger partial charge is 0.491 e. The van der Waals surface area contributed by atoms with E-state index in [2.05, 4.69) is 7.05 Å². The van der Waals surface area contributed by atoms with Crippen LogP contribution in [0.2, 0.25) is 0 Å². The molecule has 1 saturated heterocycles. The highest BCUT2D eigenvalue weighted by Crippen LogP contribution is 2.21. The summed E-state index contributed by atoms with van der Waals surface area (Å²) in [5.74, 6) is 0.945. The van der Waals surface area contributed by atoms with E-state index in [0.29, 0.717) is 19.8 Å². The van der Waals surface area contributed by atoms with E-state index >= 15 is 0 Å². The monoisotopic (exact) mass is 324 g/mol. The Morgan fingerprint density at radius 2 is 1.74 bits per heavy atom. The molecule has 0 spiro atoms. The van der Waals surface area contributed by atoms with Crippen molar-refractivity contribution in [2.75, 3.05) is 59.6 Å². The molecule has 0 unspecified atom stereocenters. The lowest BCUT2D eigenvalue weighted by Crippen LogP contribution is -3.27. The third kappa shape index (κ3) is 6.11. The Morgan fingerprint density at radius 1 is 1.09 bits per heavy atom. The molecule has 0 aromatic heterocycles. The van der Waals surface area contributed by atoms with E-state index in [1.807, 2.05) is 32.0 Å². The fourth-order valence-corrected chi connectivity index (χ4v) is 3.08. The molecule has 5 heteroatoms. The number of para-hydroxylation sites is 1. The number of benzene rings is 1. The molecule has 130 valence electrons. The smallest absolute Gasteiger partial charge is 0.127 e. The van der Waals surface area contributed by atoms with Crippen LogP contribution >= 0.6 is 0 Å². The number of ether oxygens (including phenoxy) is 2. The van der Waals surface area contributed by atoms with Crippen molar-refractivity contribution < 1.29 is 24.4 Å². The van der Waals surface area contributed by atoms with Gasteiger partial charge < -0.3 is 24.4 Å². The summed E-state index contributed by atoms with van der Waals surface area (Å²) in [6.45, 7) is 10.9. The maximum atomic E-state index is 10.1. The van der Waals surface area contributed by atoms with Crippen molar-refractivity contribution in [2.45, 2.75) is 20.0 Å². The van der Waals surface area contributed by atoms with Crippen molar-refractivity contribution in [2.24, 2.45) is 0 Å². The molecule has 1 atom stereocenters. The van der Waals surface area contributed by atoms with Gasteiger partial charge in [-0.3, -0.25) is 0 Å². The molecule has 5 nitrogen and oxygen atoms in total. The molecule has 1 aromatic rings. The lowest BCUT2D eigenvalue weighted by molar-refractivity contribution is -1.00. The number of quaternary nitrogens is 2. The normalized spacial score (nSPS) is 22.8. The molecule has 0 aliphatic carbocycles. The van der Waals surface area contributed by atoms with Gasteiger partial charge in [-0.2, -0.15) is 0 Å². The summed E-state index contributed by atoms with van der Waals surface area (Å²) in [5.41, 5.74) is 2.29. The molecular weight excluding hydrogens is 292 g/mol. The Labute approximate surface area is 139 Å². The first-order chi connectivity index (χ1) is 11.1. The molecular formula is C18H32N2O3+2. The average Bonchev–Trinajstić information content (AvgIpc) is 2.52. The van der Waals surface area contributed by atoms with Crippen molar-refractivity contribution in [3.05, 3.63) is 29.3 Å². The highest BCUT2D eigenvalue weighted by Gasteiger charge is 2.22. The fourth-order valence-electron chi connectivity index (χ4n) is 3.08. The van der Waals surface area contributed by atoms with E-state index in [-0.39, 0.29) is 6.10 Å². The van der Waals surface area contributed by atoms with Crippen molar-refractivity contribution in [3.63, 3.8) is 0 Å². The molecule has 1 heterocycles. The van der Waals surface area contributed by atoms with Crippen LogP contribution in [-0.2, 0) is 4.74 Å². The third-order valence-corrected chi connectivity index (χ3v) is 4.53. The first-order valence-electron chi connectivity index (χ1n) is 8.66. The Kier molecular flexibility index (Phi) is 7.30. The molecule has 23 heavy (non-hydrogen) atoms. The van der Waals surface area contributed by atoms with Crippen LogP contribution in [0, 0.1) is 13.8 Å². The van der Waals surface area contributed by atoms with Crippen molar-refractivity contribution in [3.8, 4) is 5.75 Å². The number of aliphatic hydroxyl groups excluding tert-OH is 1. The van der Waals surface area contributed by atoms with E-state index < -0.39 is 0 Å². The lowest BCUT2D eigenvalue weighted by atomic mass is 10.1. The second-order valence-corrected chi connectivity index (χ2v) is 6.71. The maximum Gasteiger partial charge on any atom is 0.127 e. The minimum atomic E-state index is -0.386. The van der Waals surface area contributed by atoms with Crippen molar-refractivity contribution in [1.29, 1.82) is 0 Å². The van der Waals surface area contributed by atoms with Crippen LogP contribution < -0.4 is 14.5 Å². The second kappa shape index (κ2) is 9.23. The number of aliphatic hydroxyl groups is 1. The first-order valence-corrected chi connectivity index (χ1v) is 8.66. The van der Waals surface area contributed by atoms with Gasteiger partial charge in [0.2, 0.25) is 0 Å². The summed E-state index contributed by atoms with van der Waals surface area (Å²) < 4.78 is 11.4. The predicted octanol–water partition coefficient (Wildman–Crippen LogP) is -1.53. The van der Waals surface area contributed by atoms with E-state index in [4.69, 9.17) is 9.47 Å². The summed E-state index contributed by atoms with van der Waals surface area (Å²) in [6.07, 6.45) is -0.386. The Morgan fingerprint density at radius 3 is 2.39 bits per heavy atom. The summed E-state index contributed by atoms with van der Waals surface area (Å²) in [5, 5.41) is 10.1. The molecule has 3 N–H and O–H groups in total. The van der Waals surface area contributed by atoms with Gasteiger partial charge in [-0.25, -0.2) is 0 Å². The maximum absolute atomic E-state index is 10.1. The number of aryl methyl sites for hydroxylation is 2. The van der Waals surface area contributed by atoms with Crippen LogP contribution in [0.3, 0.4) is 0 Å². The second-order valence-electron chi connectivity index (χ2n) is 6.71. The van der Waals surface area contributed by atoms with E-state index in [0.717, 1.165) is 36.5 Å². The van der Waals surface area contributed by atoms with Crippen LogP contribution in [0.15, 0.2) is 18.2 Å². The van der Waals surface area contributed by atoms with E-state index in [1.165, 1.54) is 18.0 Å². The van der Waals surface area contributed by atoms with Gasteiger partial charge in [0.15, 0.2) is 0 Å². The van der Waals surface area contributed by atoms with Gasteiger partial charge in [0, 0.05) is 0 Å². The molecule has 2 rings (SSSR count). The molecule has 0 radical (unpaired) electrons. The highest BCUT2D eigenvalue weighted by molar-refractivity contribution is 5.39. The topological polar surface area (TPSA) is 47.6 Å². The van der Waals surface area contributed by atoms with Gasteiger partial charge in [-0.15, -0.1) is 0 Å². The Bertz CT molecular complexity index is 453. The fraction of sp³-hybridized carbons (Fsp3) is 0.667. The van der Waals surface area contributed by atoms with Crippen LogP contribution in [0.4, 0.5) is 0 Å². The predicted molar refractivity (Wildman–Crippen MR) is 90.4 cm³/mol. The lowest BCUT2D eigenvalue weighted by Gasteiger charge is -2.28. The average molecular weight is 324 g/mol. The zero-order valence-corrected chi connectivity index (χ0v) is 14.7. The van der Waals surface area contributed by atoms with Gasteiger partial charge in [-0.05, 0) is 25.0 Å². The number of nitrogens with one attached hydrogen (secondary N) is 2. The highest BCUT2D eigenvalue weighted by atomic mass is 16.5. The summed E-state index contributed by atoms with van der Waals surface area (Å²) in [4.78, 5) is 3.07. The Hall–Kier alpha value is -1.14. The molecule has 0 amide bonds. The molecule has 1 aliphatic heterocycles. The molecule has 1 fully saturated rings. The van der Waals surface area contributed by atoms with Crippen molar-refractivity contribution >= 4 is 0 Å². The van der Waals surface area contributed by atoms with Crippen LogP contribution in [0.1, 0.15) is 11.1 Å². The van der Waals surface area contributed by atoms with Crippen LogP contribution in [0.5, 0.6) is 5.75 Å². The van der Waals surface area contributed by atoms with Gasteiger partial charge in [0.05, 0.1) is 20.3 Å². The van der Waals surface area contributed by atoms with Gasteiger partial charge in [0.1, 0.15) is 51.2 Å². The summed E-state index contributed by atoms with van der Waals surface area (Å²) in [6, 6.07) is 6.13. The molecule has 1 aromatic carbocycles. The van der Waals surface area contributed by atoms with Gasteiger partial charge >= 0.3 is 0 Å². The zero-order valence-electron chi connectivity index (χ0n) is 14.7. The number of likely N-dealkylation sites (N-methyl/N-ethyl adjacent to an activating group) is 1. The zero-order chi connectivity index (χ0) is 16.7. The van der Waals surface area contributed by atoms with E-state index in [1.54, 1.807) is 4.90 Å². The molecule has 0 saturated carbocycles. The summed E-state index contributed by atoms with van der Waals surface area (Å²) in [7, 11) is 2.23. The van der Waals surface area contributed by atoms with Gasteiger partial charge in [0.25, 0.3) is 0 Å². The van der Waals surface area contributed by atoms with Crippen LogP contribution in [0.25, 0.3) is 0 Å². The molecule has 1 aliphatic rings. The quantitative estimate of drug-likeness (QED) is 0.509. The standard InChI is InChI=1S/C18H30N2O3/c1-15-5-4-6-16(2)18(15)23-12-11-22-14-17(21)13-20-9-7-19(3)8-10-20/h4-6,17,21H,7-14H2,1-3H3/p+2/t17-/m0/s1. The summed E-state index contributed by atoms with van der Waals surface area (Å²) >= 11 is 0. The number of hydrogen-bond acceptors (Lipinski definition) is 3. The SMILES string of the molecule is Cc1cccc(C)c1OCCOC[C@@H](O)C[NH+]1CC[NH+](C)CC1. The minimum absolute atomic E-state index is 0.386. The first kappa shape index (κ1) is 18.2. The van der Waals surface area contributed by atoms with Gasteiger partial charge in [-0.1, -0.05) is 18.2 Å². The minimum Gasteiger partial charge on any atom is -0.491 e.